The van der Waals surface area contributed by atoms with Gasteiger partial charge in [0.1, 0.15) is 12.4 Å². The van der Waals surface area contributed by atoms with Crippen LogP contribution < -0.4 is 15.1 Å². The van der Waals surface area contributed by atoms with Gasteiger partial charge in [-0.1, -0.05) is 106 Å². The molecule has 0 radical (unpaired) electrons. The number of likely N-dealkylation sites (tertiary alicyclic amines) is 1. The molecule has 5 nitrogen and oxygen atoms in total. The summed E-state index contributed by atoms with van der Waals surface area (Å²) in [7, 11) is -3.19. The van der Waals surface area contributed by atoms with E-state index in [9.17, 15) is 9.18 Å². The predicted molar refractivity (Wildman–Crippen MR) is 205 cm³/mol. The highest BCUT2D eigenvalue weighted by Gasteiger charge is 2.52. The van der Waals surface area contributed by atoms with Gasteiger partial charge in [0.2, 0.25) is 0 Å². The maximum Gasteiger partial charge on any atom is 0.282 e. The van der Waals surface area contributed by atoms with Crippen LogP contribution in [0.4, 0.5) is 13.2 Å². The highest BCUT2D eigenvalue weighted by atomic mass is 28.4. The number of Topliss-reactive ketones (excluding diaryl/α,β-unsaturated/α-hetero) is 1. The molecule has 9 heteroatoms. The lowest BCUT2D eigenvalue weighted by molar-refractivity contribution is -0.0818. The third-order valence-electron chi connectivity index (χ3n) is 10.7. The Morgan fingerprint density at radius 3 is 2.06 bits per heavy atom. The molecule has 0 aromatic heterocycles. The van der Waals surface area contributed by atoms with Gasteiger partial charge in [-0.2, -0.15) is 0 Å². The second-order valence-electron chi connectivity index (χ2n) is 15.6. The smallest absolute Gasteiger partial charge is 0.282 e. The molecule has 0 unspecified atom stereocenters. The summed E-state index contributed by atoms with van der Waals surface area (Å²) in [6.45, 7) is 11.0. The van der Waals surface area contributed by atoms with Crippen LogP contribution in [0.3, 0.4) is 0 Å². The minimum absolute atomic E-state index is 0.0265. The topological polar surface area (TPSA) is 42.0 Å². The largest absolute Gasteiger partial charge is 0.492 e. The number of fused-ring (bicyclic) bond motifs is 1. The molecule has 52 heavy (non-hydrogen) atoms. The molecule has 0 aliphatic carbocycles. The van der Waals surface area contributed by atoms with Crippen LogP contribution in [0.2, 0.25) is 5.04 Å². The molecule has 2 aliphatic rings. The summed E-state index contributed by atoms with van der Waals surface area (Å²) in [4.78, 5) is 16.4. The van der Waals surface area contributed by atoms with Gasteiger partial charge < -0.3 is 9.16 Å². The van der Waals surface area contributed by atoms with Crippen LogP contribution >= 0.6 is 0 Å². The van der Waals surface area contributed by atoms with Crippen molar-refractivity contribution < 1.29 is 27.1 Å². The number of carbonyl (C=O) groups excluding carboxylic acids is 1. The van der Waals surface area contributed by atoms with Gasteiger partial charge in [0.15, 0.2) is 5.78 Å². The number of carbonyl (C=O) groups is 1. The van der Waals surface area contributed by atoms with Gasteiger partial charge in [-0.15, -0.1) is 0 Å². The first kappa shape index (κ1) is 38.0. The van der Waals surface area contributed by atoms with Crippen LogP contribution in [0.1, 0.15) is 67.7 Å². The van der Waals surface area contributed by atoms with Gasteiger partial charge in [0, 0.05) is 37.2 Å². The first-order valence-electron chi connectivity index (χ1n) is 18.3. The lowest BCUT2D eigenvalue weighted by Gasteiger charge is -2.46. The van der Waals surface area contributed by atoms with Crippen molar-refractivity contribution in [2.45, 2.75) is 64.1 Å². The molecule has 4 aromatic rings. The Hall–Kier alpha value is -3.76. The van der Waals surface area contributed by atoms with Crippen LogP contribution in [-0.4, -0.2) is 81.9 Å². The molecule has 0 spiro atoms. The Kier molecular flexibility index (Phi) is 11.5. The summed E-state index contributed by atoms with van der Waals surface area (Å²) >= 11 is 0. The Balaban J connectivity index is 1.27. The number of alkyl halides is 3. The van der Waals surface area contributed by atoms with E-state index in [0.717, 1.165) is 46.7 Å². The zero-order valence-electron chi connectivity index (χ0n) is 31.0. The Bertz CT molecular complexity index is 1750. The fourth-order valence-electron chi connectivity index (χ4n) is 8.04. The van der Waals surface area contributed by atoms with Crippen molar-refractivity contribution in [2.24, 2.45) is 5.92 Å². The number of ether oxygens (including phenoxy) is 1. The van der Waals surface area contributed by atoms with Crippen molar-refractivity contribution in [3.05, 3.63) is 125 Å². The molecule has 276 valence electrons. The summed E-state index contributed by atoms with van der Waals surface area (Å²) in [6, 6.07) is 32.4. The molecule has 0 amide bonds. The monoisotopic (exact) mass is 728 g/mol. The molecule has 2 atom stereocenters. The number of ketones is 1. The summed E-state index contributed by atoms with van der Waals surface area (Å²) in [5.74, 6) is -2.39. The van der Waals surface area contributed by atoms with E-state index in [1.54, 1.807) is 13.0 Å². The van der Waals surface area contributed by atoms with Crippen molar-refractivity contribution in [3.63, 3.8) is 0 Å². The normalized spacial score (nSPS) is 18.8. The van der Waals surface area contributed by atoms with Crippen LogP contribution in [0.15, 0.2) is 103 Å². The van der Waals surface area contributed by atoms with E-state index in [-0.39, 0.29) is 24.4 Å². The van der Waals surface area contributed by atoms with Gasteiger partial charge >= 0.3 is 0 Å². The van der Waals surface area contributed by atoms with Crippen molar-refractivity contribution in [1.82, 2.24) is 9.80 Å². The Morgan fingerprint density at radius 2 is 1.50 bits per heavy atom. The standard InChI is InChI=1S/C43H51F3N2O3Si/c1-31-24-36-25-35(32(2)49)18-21-40(36)41(34-16-19-37(20-17-34)50-23-22-47-27-33(26-44)28-47)48(31)29-43(45,46)30-51-52(42(3,4)5,38-12-8-6-9-13-38)39-14-10-7-11-15-39/h6-21,25,31,33,41H,22-24,26-30H2,1-5H3/t31-,41-/m0/s1. The Morgan fingerprint density at radius 1 is 0.885 bits per heavy atom. The third-order valence-corrected chi connectivity index (χ3v) is 15.7. The zero-order chi connectivity index (χ0) is 37.1. The van der Waals surface area contributed by atoms with Gasteiger partial charge in [0.25, 0.3) is 14.2 Å². The SMILES string of the molecule is CC(=O)c1ccc2c(c1)C[C@H](C)N(CC(F)(F)CO[Si](c1ccccc1)(c1ccccc1)C(C)(C)C)[C@H]2c1ccc(OCCN2CC(CF)C2)cc1. The fourth-order valence-corrected chi connectivity index (χ4v) is 12.6. The van der Waals surface area contributed by atoms with Crippen molar-refractivity contribution in [3.8, 4) is 5.75 Å². The number of hydrogen-bond donors (Lipinski definition) is 0. The highest BCUT2D eigenvalue weighted by Crippen LogP contribution is 2.42. The maximum absolute atomic E-state index is 16.7. The van der Waals surface area contributed by atoms with Gasteiger partial charge in [-0.05, 0) is 70.6 Å². The molecule has 2 heterocycles. The van der Waals surface area contributed by atoms with E-state index in [1.807, 2.05) is 109 Å². The highest BCUT2D eigenvalue weighted by molar-refractivity contribution is 6.99. The maximum atomic E-state index is 16.7. The molecular weight excluding hydrogens is 678 g/mol. The first-order valence-corrected chi connectivity index (χ1v) is 20.3. The molecule has 2 aliphatic heterocycles. The predicted octanol–water partition coefficient (Wildman–Crippen LogP) is 7.72. The minimum atomic E-state index is -3.19. The van der Waals surface area contributed by atoms with Crippen LogP contribution in [0.5, 0.6) is 5.75 Å². The average Bonchev–Trinajstić information content (AvgIpc) is 3.10. The zero-order valence-corrected chi connectivity index (χ0v) is 32.0. The molecule has 1 saturated heterocycles. The molecule has 1 fully saturated rings. The van der Waals surface area contributed by atoms with E-state index in [4.69, 9.17) is 9.16 Å². The lowest BCUT2D eigenvalue weighted by atomic mass is 9.83. The summed E-state index contributed by atoms with van der Waals surface area (Å²) in [5.41, 5.74) is 3.40. The molecule has 0 saturated carbocycles. The van der Waals surface area contributed by atoms with E-state index < -0.39 is 38.5 Å². The number of halogens is 3. The summed E-state index contributed by atoms with van der Waals surface area (Å²) < 4.78 is 58.9. The number of rotatable bonds is 14. The molecule has 4 aromatic carbocycles. The second kappa shape index (κ2) is 15.7. The number of hydrogen-bond acceptors (Lipinski definition) is 5. The minimum Gasteiger partial charge on any atom is -0.492 e. The fraction of sp³-hybridized carbons (Fsp3) is 0.419. The van der Waals surface area contributed by atoms with Crippen molar-refractivity contribution in [2.75, 3.05) is 46.1 Å². The van der Waals surface area contributed by atoms with E-state index in [1.165, 1.54) is 0 Å². The Labute approximate surface area is 307 Å². The second-order valence-corrected chi connectivity index (χ2v) is 19.9. The lowest BCUT2D eigenvalue weighted by Crippen LogP contribution is -2.67. The van der Waals surface area contributed by atoms with Crippen LogP contribution in [-0.2, 0) is 10.8 Å². The molecular formula is C43H51F3N2O3Si. The van der Waals surface area contributed by atoms with Crippen LogP contribution in [0, 0.1) is 5.92 Å². The molecule has 0 bridgehead atoms. The van der Waals surface area contributed by atoms with E-state index >= 15 is 8.78 Å². The van der Waals surface area contributed by atoms with E-state index in [0.29, 0.717) is 24.3 Å². The molecule has 0 N–H and O–H groups in total. The first-order chi connectivity index (χ1) is 24.8. The average molecular weight is 729 g/mol. The number of nitrogens with zero attached hydrogens (tertiary/aromatic N) is 2. The molecule has 6 rings (SSSR count). The van der Waals surface area contributed by atoms with Crippen LogP contribution in [0.25, 0.3) is 0 Å². The third kappa shape index (κ3) is 8.08. The van der Waals surface area contributed by atoms with Gasteiger partial charge in [0.05, 0.1) is 25.9 Å². The van der Waals surface area contributed by atoms with Gasteiger partial charge in [-0.25, -0.2) is 8.78 Å². The van der Waals surface area contributed by atoms with Crippen molar-refractivity contribution >= 4 is 24.5 Å². The quantitative estimate of drug-likeness (QED) is 0.0984. The van der Waals surface area contributed by atoms with Crippen molar-refractivity contribution in [1.29, 1.82) is 0 Å². The number of benzene rings is 4. The van der Waals surface area contributed by atoms with E-state index in [2.05, 4.69) is 25.7 Å². The summed E-state index contributed by atoms with van der Waals surface area (Å²) in [5, 5.41) is 1.48. The van der Waals surface area contributed by atoms with Gasteiger partial charge in [-0.3, -0.25) is 19.0 Å². The summed E-state index contributed by atoms with van der Waals surface area (Å²) in [6.07, 6.45) is 0.541.